The van der Waals surface area contributed by atoms with Crippen molar-refractivity contribution in [3.63, 3.8) is 0 Å². The second-order valence-corrected chi connectivity index (χ2v) is 4.89. The average Bonchev–Trinajstić information content (AvgIpc) is 2.72. The summed E-state index contributed by atoms with van der Waals surface area (Å²) < 4.78 is 36.0. The van der Waals surface area contributed by atoms with Crippen LogP contribution in [0.5, 0.6) is 0 Å². The van der Waals surface area contributed by atoms with Gasteiger partial charge in [-0.2, -0.15) is 13.2 Å². The number of aromatic nitrogens is 1. The highest BCUT2D eigenvalue weighted by Crippen LogP contribution is 2.19. The van der Waals surface area contributed by atoms with Gasteiger partial charge in [-0.25, -0.2) is 4.98 Å². The van der Waals surface area contributed by atoms with Crippen LogP contribution in [0.15, 0.2) is 5.38 Å². The zero-order valence-electron chi connectivity index (χ0n) is 10.3. The van der Waals surface area contributed by atoms with Gasteiger partial charge in [0.2, 0.25) is 5.91 Å². The molecule has 0 saturated heterocycles. The van der Waals surface area contributed by atoms with Crippen LogP contribution < -0.4 is 0 Å². The minimum Gasteiger partial charge on any atom is -0.345 e. The fourth-order valence-electron chi connectivity index (χ4n) is 1.30. The molecule has 7 heteroatoms. The summed E-state index contributed by atoms with van der Waals surface area (Å²) >= 11 is 1.46. The first-order valence-electron chi connectivity index (χ1n) is 5.56. The molecular weight excluding hydrogens is 265 g/mol. The summed E-state index contributed by atoms with van der Waals surface area (Å²) in [7, 11) is 1.38. The maximum Gasteiger partial charge on any atom is 0.390 e. The van der Waals surface area contributed by atoms with Gasteiger partial charge in [-0.3, -0.25) is 4.79 Å². The zero-order valence-corrected chi connectivity index (χ0v) is 11.1. The van der Waals surface area contributed by atoms with Gasteiger partial charge in [-0.1, -0.05) is 6.92 Å². The molecule has 0 spiro atoms. The van der Waals surface area contributed by atoms with Crippen LogP contribution in [0.2, 0.25) is 0 Å². The number of thiazole rings is 1. The van der Waals surface area contributed by atoms with Gasteiger partial charge in [0.1, 0.15) is 0 Å². The molecule has 0 aliphatic carbocycles. The SMILES string of the molecule is CCc1nc(CC(=O)N(C)CCC(F)(F)F)cs1. The van der Waals surface area contributed by atoms with Crippen molar-refractivity contribution in [2.24, 2.45) is 0 Å². The summed E-state index contributed by atoms with van der Waals surface area (Å²) in [5.74, 6) is -0.341. The van der Waals surface area contributed by atoms with Crippen molar-refractivity contribution in [2.45, 2.75) is 32.4 Å². The Morgan fingerprint density at radius 1 is 1.50 bits per heavy atom. The summed E-state index contributed by atoms with van der Waals surface area (Å²) in [5, 5.41) is 2.70. The second kappa shape index (κ2) is 6.17. The average molecular weight is 280 g/mol. The lowest BCUT2D eigenvalue weighted by atomic mass is 10.3. The summed E-state index contributed by atoms with van der Waals surface area (Å²) in [4.78, 5) is 17.0. The maximum atomic E-state index is 12.0. The van der Waals surface area contributed by atoms with Crippen LogP contribution in [-0.4, -0.2) is 35.6 Å². The van der Waals surface area contributed by atoms with Gasteiger partial charge < -0.3 is 4.90 Å². The highest BCUT2D eigenvalue weighted by atomic mass is 32.1. The molecule has 0 saturated carbocycles. The Morgan fingerprint density at radius 2 is 2.17 bits per heavy atom. The van der Waals surface area contributed by atoms with E-state index < -0.39 is 12.6 Å². The third kappa shape index (κ3) is 5.03. The summed E-state index contributed by atoms with van der Waals surface area (Å²) in [6, 6.07) is 0. The smallest absolute Gasteiger partial charge is 0.345 e. The van der Waals surface area contributed by atoms with E-state index >= 15 is 0 Å². The number of halogens is 3. The van der Waals surface area contributed by atoms with Crippen LogP contribution in [0.4, 0.5) is 13.2 Å². The molecule has 0 N–H and O–H groups in total. The van der Waals surface area contributed by atoms with Crippen LogP contribution >= 0.6 is 11.3 Å². The Hall–Kier alpha value is -1.11. The van der Waals surface area contributed by atoms with Gasteiger partial charge in [0, 0.05) is 19.0 Å². The van der Waals surface area contributed by atoms with E-state index in [9.17, 15) is 18.0 Å². The molecule has 1 heterocycles. The molecule has 0 unspecified atom stereocenters. The van der Waals surface area contributed by atoms with Crippen molar-refractivity contribution >= 4 is 17.2 Å². The molecular formula is C11H15F3N2OS. The molecule has 18 heavy (non-hydrogen) atoms. The molecule has 0 fully saturated rings. The lowest BCUT2D eigenvalue weighted by Crippen LogP contribution is -2.31. The molecule has 102 valence electrons. The molecule has 0 aliphatic heterocycles. The zero-order chi connectivity index (χ0) is 13.8. The van der Waals surface area contributed by atoms with E-state index in [1.165, 1.54) is 18.4 Å². The Morgan fingerprint density at radius 3 is 2.67 bits per heavy atom. The molecule has 1 amide bonds. The Bertz CT molecular complexity index is 403. The van der Waals surface area contributed by atoms with Gasteiger partial charge in [0.05, 0.1) is 23.5 Å². The molecule has 0 atom stereocenters. The fourth-order valence-corrected chi connectivity index (χ4v) is 2.05. The molecule has 3 nitrogen and oxygen atoms in total. The third-order valence-electron chi connectivity index (χ3n) is 2.39. The van der Waals surface area contributed by atoms with Crippen molar-refractivity contribution in [1.29, 1.82) is 0 Å². The summed E-state index contributed by atoms with van der Waals surface area (Å²) in [6.07, 6.45) is -4.36. The largest absolute Gasteiger partial charge is 0.390 e. The monoisotopic (exact) mass is 280 g/mol. The molecule has 0 aliphatic rings. The standard InChI is InChI=1S/C11H15F3N2OS/c1-3-9-15-8(7-18-9)6-10(17)16(2)5-4-11(12,13)14/h7H,3-6H2,1-2H3. The maximum absolute atomic E-state index is 12.0. The van der Waals surface area contributed by atoms with E-state index in [1.54, 1.807) is 5.38 Å². The Kier molecular flexibility index (Phi) is 5.13. The number of alkyl halides is 3. The topological polar surface area (TPSA) is 33.2 Å². The number of rotatable bonds is 5. The van der Waals surface area contributed by atoms with Crippen molar-refractivity contribution in [1.82, 2.24) is 9.88 Å². The quantitative estimate of drug-likeness (QED) is 0.830. The van der Waals surface area contributed by atoms with Gasteiger partial charge in [-0.05, 0) is 6.42 Å². The summed E-state index contributed by atoms with van der Waals surface area (Å²) in [5.41, 5.74) is 0.626. The lowest BCUT2D eigenvalue weighted by Gasteiger charge is -2.17. The van der Waals surface area contributed by atoms with Gasteiger partial charge in [0.25, 0.3) is 0 Å². The first-order valence-corrected chi connectivity index (χ1v) is 6.43. The van der Waals surface area contributed by atoms with Crippen molar-refractivity contribution in [2.75, 3.05) is 13.6 Å². The van der Waals surface area contributed by atoms with E-state index in [4.69, 9.17) is 0 Å². The highest BCUT2D eigenvalue weighted by molar-refractivity contribution is 7.09. The first-order chi connectivity index (χ1) is 8.31. The first kappa shape index (κ1) is 14.9. The number of hydrogen-bond acceptors (Lipinski definition) is 3. The number of likely N-dealkylation sites (N-methyl/N-ethyl adjacent to an activating group) is 1. The molecule has 0 radical (unpaired) electrons. The minimum absolute atomic E-state index is 0.0604. The molecule has 0 bridgehead atoms. The predicted octanol–water partition coefficient (Wildman–Crippen LogP) is 2.66. The van der Waals surface area contributed by atoms with Gasteiger partial charge in [0.15, 0.2) is 0 Å². The molecule has 1 rings (SSSR count). The fraction of sp³-hybridized carbons (Fsp3) is 0.636. The van der Waals surface area contributed by atoms with Crippen LogP contribution in [0.3, 0.4) is 0 Å². The number of carbonyl (C=O) groups excluding carboxylic acids is 1. The van der Waals surface area contributed by atoms with Crippen LogP contribution in [0, 0.1) is 0 Å². The number of amides is 1. The normalized spacial score (nSPS) is 11.6. The highest BCUT2D eigenvalue weighted by Gasteiger charge is 2.28. The van der Waals surface area contributed by atoms with E-state index in [2.05, 4.69) is 4.98 Å². The number of aryl methyl sites for hydroxylation is 1. The van der Waals surface area contributed by atoms with Crippen molar-refractivity contribution in [3.05, 3.63) is 16.1 Å². The number of nitrogens with zero attached hydrogens (tertiary/aromatic N) is 2. The van der Waals surface area contributed by atoms with Crippen LogP contribution in [0.25, 0.3) is 0 Å². The van der Waals surface area contributed by atoms with Gasteiger partial charge in [-0.15, -0.1) is 11.3 Å². The molecule has 1 aromatic heterocycles. The van der Waals surface area contributed by atoms with Gasteiger partial charge >= 0.3 is 6.18 Å². The summed E-state index contributed by atoms with van der Waals surface area (Å²) in [6.45, 7) is 1.65. The van der Waals surface area contributed by atoms with E-state index in [0.29, 0.717) is 5.69 Å². The Labute approximate surface area is 108 Å². The predicted molar refractivity (Wildman–Crippen MR) is 63.5 cm³/mol. The Balaban J connectivity index is 2.44. The van der Waals surface area contributed by atoms with Crippen LogP contribution in [0.1, 0.15) is 24.0 Å². The number of carbonyl (C=O) groups is 1. The van der Waals surface area contributed by atoms with Crippen molar-refractivity contribution < 1.29 is 18.0 Å². The van der Waals surface area contributed by atoms with E-state index in [-0.39, 0.29) is 18.9 Å². The van der Waals surface area contributed by atoms with Crippen molar-refractivity contribution in [3.8, 4) is 0 Å². The second-order valence-electron chi connectivity index (χ2n) is 3.94. The molecule has 0 aromatic carbocycles. The van der Waals surface area contributed by atoms with E-state index in [0.717, 1.165) is 16.3 Å². The lowest BCUT2D eigenvalue weighted by molar-refractivity contribution is -0.143. The van der Waals surface area contributed by atoms with Crippen LogP contribution in [-0.2, 0) is 17.6 Å². The number of hydrogen-bond donors (Lipinski definition) is 0. The minimum atomic E-state index is -4.23. The van der Waals surface area contributed by atoms with E-state index in [1.807, 2.05) is 6.92 Å². The third-order valence-corrected chi connectivity index (χ3v) is 3.43. The molecule has 1 aromatic rings.